The second kappa shape index (κ2) is 4.81. The lowest BCUT2D eigenvalue weighted by atomic mass is 9.92. The van der Waals surface area contributed by atoms with Crippen LogP contribution in [0.15, 0.2) is 83.3 Å². The first-order chi connectivity index (χ1) is 11.3. The Hall–Kier alpha value is -2.38. The summed E-state index contributed by atoms with van der Waals surface area (Å²) in [4.78, 5) is 0. The van der Waals surface area contributed by atoms with Gasteiger partial charge in [-0.25, -0.2) is 0 Å². The van der Waals surface area contributed by atoms with Crippen molar-refractivity contribution in [2.24, 2.45) is 0 Å². The van der Waals surface area contributed by atoms with Crippen molar-refractivity contribution in [3.63, 3.8) is 0 Å². The lowest BCUT2D eigenvalue weighted by Gasteiger charge is -2.12. The quantitative estimate of drug-likeness (QED) is 0.206. The molecule has 0 nitrogen and oxygen atoms in total. The van der Waals surface area contributed by atoms with Crippen LogP contribution in [0.1, 0.15) is 0 Å². The van der Waals surface area contributed by atoms with Gasteiger partial charge >= 0.3 is 0 Å². The normalized spacial score (nSPS) is 11.7. The van der Waals surface area contributed by atoms with Gasteiger partial charge in [0.15, 0.2) is 0 Å². The van der Waals surface area contributed by atoms with Gasteiger partial charge in [-0.1, -0.05) is 76.6 Å². The van der Waals surface area contributed by atoms with E-state index in [0.717, 1.165) is 4.47 Å². The Bertz CT molecular complexity index is 1220. The van der Waals surface area contributed by atoms with Crippen molar-refractivity contribution in [1.82, 2.24) is 0 Å². The molecule has 1 heteroatoms. The van der Waals surface area contributed by atoms with Gasteiger partial charge < -0.3 is 0 Å². The SMILES string of the molecule is Brc1cccc2cc3c4ccccc4c4ccccc4c3cc12. The van der Waals surface area contributed by atoms with Crippen molar-refractivity contribution in [2.45, 2.75) is 0 Å². The van der Waals surface area contributed by atoms with Crippen molar-refractivity contribution in [3.05, 3.63) is 83.3 Å². The van der Waals surface area contributed by atoms with Crippen molar-refractivity contribution in [2.75, 3.05) is 0 Å². The number of rotatable bonds is 0. The summed E-state index contributed by atoms with van der Waals surface area (Å²) in [6.07, 6.45) is 0. The van der Waals surface area contributed by atoms with E-state index in [4.69, 9.17) is 0 Å². The fraction of sp³-hybridized carbons (Fsp3) is 0. The average molecular weight is 357 g/mol. The van der Waals surface area contributed by atoms with Gasteiger partial charge in [0.05, 0.1) is 0 Å². The van der Waals surface area contributed by atoms with E-state index in [1.165, 1.54) is 43.1 Å². The summed E-state index contributed by atoms with van der Waals surface area (Å²) in [5, 5.41) is 10.5. The maximum absolute atomic E-state index is 3.70. The minimum atomic E-state index is 1.15. The zero-order chi connectivity index (χ0) is 15.4. The lowest BCUT2D eigenvalue weighted by Crippen LogP contribution is -1.84. The summed E-state index contributed by atoms with van der Waals surface area (Å²) in [6, 6.07) is 28.4. The maximum Gasteiger partial charge on any atom is 0.0253 e. The Morgan fingerprint density at radius 2 is 0.957 bits per heavy atom. The molecular formula is C22H13Br. The van der Waals surface area contributed by atoms with Gasteiger partial charge in [0, 0.05) is 4.47 Å². The number of fused-ring (bicyclic) bond motifs is 7. The van der Waals surface area contributed by atoms with Crippen LogP contribution in [-0.2, 0) is 0 Å². The van der Waals surface area contributed by atoms with Crippen LogP contribution in [0.25, 0.3) is 43.1 Å². The van der Waals surface area contributed by atoms with Gasteiger partial charge in [-0.2, -0.15) is 0 Å². The summed E-state index contributed by atoms with van der Waals surface area (Å²) in [7, 11) is 0. The number of hydrogen-bond acceptors (Lipinski definition) is 0. The molecule has 0 N–H and O–H groups in total. The molecule has 0 aliphatic rings. The van der Waals surface area contributed by atoms with E-state index in [1.807, 2.05) is 0 Å². The molecule has 0 aliphatic heterocycles. The highest BCUT2D eigenvalue weighted by Crippen LogP contribution is 2.38. The molecule has 0 atom stereocenters. The van der Waals surface area contributed by atoms with Crippen LogP contribution in [0.3, 0.4) is 0 Å². The highest BCUT2D eigenvalue weighted by atomic mass is 79.9. The molecule has 0 aliphatic carbocycles. The van der Waals surface area contributed by atoms with Gasteiger partial charge in [0.1, 0.15) is 0 Å². The number of halogens is 1. The predicted octanol–water partition coefficient (Wildman–Crippen LogP) is 7.06. The first kappa shape index (κ1) is 13.1. The molecule has 0 heterocycles. The Labute approximate surface area is 142 Å². The summed E-state index contributed by atoms with van der Waals surface area (Å²) in [5.41, 5.74) is 0. The topological polar surface area (TPSA) is 0 Å². The number of benzene rings is 5. The van der Waals surface area contributed by atoms with Crippen molar-refractivity contribution in [3.8, 4) is 0 Å². The zero-order valence-electron chi connectivity index (χ0n) is 12.4. The third kappa shape index (κ3) is 1.83. The fourth-order valence-corrected chi connectivity index (χ4v) is 4.13. The van der Waals surface area contributed by atoms with Crippen LogP contribution in [0.4, 0.5) is 0 Å². The molecule has 0 aromatic heterocycles. The largest absolute Gasteiger partial charge is 0.0616 e. The Kier molecular flexibility index (Phi) is 2.74. The number of hydrogen-bond donors (Lipinski definition) is 0. The molecule has 0 radical (unpaired) electrons. The lowest BCUT2D eigenvalue weighted by molar-refractivity contribution is 1.74. The third-order valence-electron chi connectivity index (χ3n) is 4.69. The van der Waals surface area contributed by atoms with E-state index in [0.29, 0.717) is 0 Å². The summed E-state index contributed by atoms with van der Waals surface area (Å²) >= 11 is 3.70. The Morgan fingerprint density at radius 3 is 1.57 bits per heavy atom. The van der Waals surface area contributed by atoms with Gasteiger partial charge in [-0.3, -0.25) is 0 Å². The molecule has 0 bridgehead atoms. The highest BCUT2D eigenvalue weighted by molar-refractivity contribution is 9.10. The molecule has 23 heavy (non-hydrogen) atoms. The van der Waals surface area contributed by atoms with Gasteiger partial charge in [-0.15, -0.1) is 0 Å². The highest BCUT2D eigenvalue weighted by Gasteiger charge is 2.09. The Balaban J connectivity index is 2.16. The van der Waals surface area contributed by atoms with Crippen LogP contribution >= 0.6 is 15.9 Å². The molecule has 0 saturated carbocycles. The molecule has 108 valence electrons. The monoisotopic (exact) mass is 356 g/mol. The van der Waals surface area contributed by atoms with E-state index in [-0.39, 0.29) is 0 Å². The van der Waals surface area contributed by atoms with Crippen LogP contribution in [-0.4, -0.2) is 0 Å². The van der Waals surface area contributed by atoms with Crippen LogP contribution < -0.4 is 0 Å². The van der Waals surface area contributed by atoms with Crippen molar-refractivity contribution >= 4 is 59.0 Å². The molecule has 0 spiro atoms. The second-order valence-electron chi connectivity index (χ2n) is 5.95. The van der Waals surface area contributed by atoms with E-state index in [2.05, 4.69) is 94.8 Å². The van der Waals surface area contributed by atoms with E-state index in [1.54, 1.807) is 0 Å². The third-order valence-corrected chi connectivity index (χ3v) is 5.38. The van der Waals surface area contributed by atoms with E-state index in [9.17, 15) is 0 Å². The molecule has 5 rings (SSSR count). The molecule has 0 amide bonds. The molecular weight excluding hydrogens is 344 g/mol. The summed E-state index contributed by atoms with van der Waals surface area (Å²) in [5.74, 6) is 0. The summed E-state index contributed by atoms with van der Waals surface area (Å²) in [6.45, 7) is 0. The smallest absolute Gasteiger partial charge is 0.0253 e. The van der Waals surface area contributed by atoms with Crippen LogP contribution in [0, 0.1) is 0 Å². The molecule has 5 aromatic rings. The minimum absolute atomic E-state index is 1.15. The molecule has 0 fully saturated rings. The van der Waals surface area contributed by atoms with Crippen LogP contribution in [0.2, 0.25) is 0 Å². The first-order valence-corrected chi connectivity index (χ1v) is 8.54. The fourth-order valence-electron chi connectivity index (χ4n) is 3.64. The van der Waals surface area contributed by atoms with E-state index < -0.39 is 0 Å². The molecule has 5 aromatic carbocycles. The van der Waals surface area contributed by atoms with Gasteiger partial charge in [0.25, 0.3) is 0 Å². The van der Waals surface area contributed by atoms with Crippen LogP contribution in [0.5, 0.6) is 0 Å². The predicted molar refractivity (Wildman–Crippen MR) is 104 cm³/mol. The molecule has 0 unspecified atom stereocenters. The second-order valence-corrected chi connectivity index (χ2v) is 6.80. The summed E-state index contributed by atoms with van der Waals surface area (Å²) < 4.78 is 1.15. The Morgan fingerprint density at radius 1 is 0.435 bits per heavy atom. The van der Waals surface area contributed by atoms with Crippen molar-refractivity contribution in [1.29, 1.82) is 0 Å². The maximum atomic E-state index is 3.70. The van der Waals surface area contributed by atoms with Crippen molar-refractivity contribution < 1.29 is 0 Å². The zero-order valence-corrected chi connectivity index (χ0v) is 14.0. The minimum Gasteiger partial charge on any atom is -0.0616 e. The standard InChI is InChI=1S/C22H13Br/c23-22-11-5-6-14-12-20-17-9-3-1-7-15(17)16-8-2-4-10-18(16)21(20)13-19(14)22/h1-13H. The van der Waals surface area contributed by atoms with Gasteiger partial charge in [-0.05, 0) is 61.3 Å². The molecule has 0 saturated heterocycles. The van der Waals surface area contributed by atoms with E-state index >= 15 is 0 Å². The van der Waals surface area contributed by atoms with Gasteiger partial charge in [0.2, 0.25) is 0 Å². The average Bonchev–Trinajstić information content (AvgIpc) is 2.61. The first-order valence-electron chi connectivity index (χ1n) is 7.74.